The minimum atomic E-state index is -3.19. The Kier molecular flexibility index (Phi) is 11.4. The molecule has 1 aliphatic heterocycles. The van der Waals surface area contributed by atoms with Crippen molar-refractivity contribution in [3.63, 3.8) is 0 Å². The molecule has 1 amide bonds. The molecule has 2 aromatic carbocycles. The zero-order valence-electron chi connectivity index (χ0n) is 23.5. The van der Waals surface area contributed by atoms with Crippen LogP contribution in [0.3, 0.4) is 0 Å². The van der Waals surface area contributed by atoms with E-state index in [0.29, 0.717) is 37.4 Å². The summed E-state index contributed by atoms with van der Waals surface area (Å²) in [6, 6.07) is 12.0. The Morgan fingerprint density at radius 3 is 2.49 bits per heavy atom. The zero-order chi connectivity index (χ0) is 28.6. The van der Waals surface area contributed by atoms with Gasteiger partial charge in [-0.05, 0) is 63.1 Å². The van der Waals surface area contributed by atoms with Gasteiger partial charge in [0.05, 0.1) is 29.1 Å². The molecule has 0 spiro atoms. The highest BCUT2D eigenvalue weighted by molar-refractivity contribution is 8.25. The van der Waals surface area contributed by atoms with E-state index in [0.717, 1.165) is 12.0 Å². The summed E-state index contributed by atoms with van der Waals surface area (Å²) in [5, 5.41) is 20.5. The van der Waals surface area contributed by atoms with Crippen LogP contribution in [0.25, 0.3) is 0 Å². The topological polar surface area (TPSA) is 117 Å². The minimum absolute atomic E-state index is 0.0114. The van der Waals surface area contributed by atoms with Crippen molar-refractivity contribution in [2.45, 2.75) is 71.6 Å². The Labute approximate surface area is 233 Å². The average molecular weight is 565 g/mol. The molecule has 0 bridgehead atoms. The summed E-state index contributed by atoms with van der Waals surface area (Å²) in [5.74, 6) is -0.818. The van der Waals surface area contributed by atoms with Gasteiger partial charge in [0.1, 0.15) is 0 Å². The van der Waals surface area contributed by atoms with Crippen molar-refractivity contribution >= 4 is 28.1 Å². The minimum Gasteiger partial charge on any atom is -0.390 e. The predicted molar refractivity (Wildman–Crippen MR) is 159 cm³/mol. The maximum Gasteiger partial charge on any atom is 0.254 e. The van der Waals surface area contributed by atoms with Gasteiger partial charge < -0.3 is 21.1 Å². The lowest BCUT2D eigenvalue weighted by Crippen LogP contribution is -2.50. The number of carbonyl (C=O) groups is 1. The van der Waals surface area contributed by atoms with E-state index in [2.05, 4.69) is 36.7 Å². The highest BCUT2D eigenvalue weighted by atomic mass is 32.3. The lowest BCUT2D eigenvalue weighted by molar-refractivity contribution is 0.0821. The smallest absolute Gasteiger partial charge is 0.254 e. The van der Waals surface area contributed by atoms with E-state index >= 15 is 4.39 Å². The van der Waals surface area contributed by atoms with Crippen LogP contribution in [-0.2, 0) is 6.42 Å². The van der Waals surface area contributed by atoms with Gasteiger partial charge in [0.2, 0.25) is 0 Å². The number of carbonyl (C=O) groups excluding carboxylic acids is 1. The molecule has 0 aromatic heterocycles. The van der Waals surface area contributed by atoms with Gasteiger partial charge in [0.15, 0.2) is 5.82 Å². The summed E-state index contributed by atoms with van der Waals surface area (Å²) in [6.45, 7) is 9.32. The zero-order valence-corrected chi connectivity index (χ0v) is 24.3. The quantitative estimate of drug-likeness (QED) is 0.197. The fourth-order valence-corrected chi connectivity index (χ4v) is 6.68. The molecule has 1 aliphatic rings. The van der Waals surface area contributed by atoms with Gasteiger partial charge in [-0.3, -0.25) is 18.2 Å². The molecule has 0 aliphatic carbocycles. The number of rotatable bonds is 13. The van der Waals surface area contributed by atoms with Crippen LogP contribution in [0, 0.1) is 11.7 Å². The average Bonchev–Trinajstić information content (AvgIpc) is 2.88. The summed E-state index contributed by atoms with van der Waals surface area (Å²) >= 11 is 0. The van der Waals surface area contributed by atoms with E-state index < -0.39 is 34.6 Å². The maximum absolute atomic E-state index is 15.9. The normalized spacial score (nSPS) is 18.3. The molecule has 1 fully saturated rings. The van der Waals surface area contributed by atoms with Crippen molar-refractivity contribution in [2.24, 2.45) is 5.92 Å². The molecule has 3 rings (SSSR count). The van der Waals surface area contributed by atoms with Gasteiger partial charge in [0.25, 0.3) is 5.91 Å². The third kappa shape index (κ3) is 8.81. The fourth-order valence-electron chi connectivity index (χ4n) is 5.00. The van der Waals surface area contributed by atoms with Crippen molar-refractivity contribution in [1.82, 2.24) is 10.6 Å². The first-order valence-electron chi connectivity index (χ1n) is 13.9. The second kappa shape index (κ2) is 14.3. The molecule has 3 atom stereocenters. The molecular formula is C29H45FN4O4S. The predicted octanol–water partition coefficient (Wildman–Crippen LogP) is 5.25. The Morgan fingerprint density at radius 1 is 1.13 bits per heavy atom. The number of aliphatic hydroxyl groups excluding tert-OH is 1. The standard InChI is InChI=1S/C29H45FN4O4S/c1-5-31-23-17-24(28(30)26(18-23)34-13-9-10-14-39(34,37)38)29(36)33-25(16-22-11-7-6-8-12-22)27(35)19-32-21(4)15-20(2)3/h6-8,11-12,17-18,20-21,25,27,31-32,35,37-38H,5,9-10,13-16,19H2,1-4H3,(H,33,36)/t21?,25-,27-/m0/s1. The molecule has 0 saturated carbocycles. The SMILES string of the molecule is CCNc1cc(C(=O)N[C@@H](Cc2ccccc2)[C@@H](O)CNC(C)CC(C)C)c(F)c(N2CCCCS2(O)O)c1. The molecule has 1 saturated heterocycles. The van der Waals surface area contributed by atoms with E-state index in [4.69, 9.17) is 0 Å². The molecule has 8 nitrogen and oxygen atoms in total. The second-order valence-electron chi connectivity index (χ2n) is 10.8. The molecule has 0 radical (unpaired) electrons. The first kappa shape index (κ1) is 31.2. The molecule has 10 heteroatoms. The number of anilines is 2. The molecule has 39 heavy (non-hydrogen) atoms. The number of aliphatic hydroxyl groups is 1. The lowest BCUT2D eigenvalue weighted by Gasteiger charge is -2.47. The van der Waals surface area contributed by atoms with E-state index in [1.165, 1.54) is 16.4 Å². The van der Waals surface area contributed by atoms with Crippen molar-refractivity contribution in [2.75, 3.05) is 35.0 Å². The van der Waals surface area contributed by atoms with Crippen LogP contribution in [0.5, 0.6) is 0 Å². The highest BCUT2D eigenvalue weighted by Gasteiger charge is 2.32. The van der Waals surface area contributed by atoms with Crippen molar-refractivity contribution in [3.05, 3.63) is 59.4 Å². The Hall–Kier alpha value is -2.37. The highest BCUT2D eigenvalue weighted by Crippen LogP contribution is 2.50. The van der Waals surface area contributed by atoms with Gasteiger partial charge in [-0.15, -0.1) is 10.8 Å². The van der Waals surface area contributed by atoms with Crippen LogP contribution in [0.4, 0.5) is 15.8 Å². The summed E-state index contributed by atoms with van der Waals surface area (Å²) in [7, 11) is -3.19. The van der Waals surface area contributed by atoms with E-state index in [9.17, 15) is 19.0 Å². The number of halogens is 1. The van der Waals surface area contributed by atoms with Crippen molar-refractivity contribution in [3.8, 4) is 0 Å². The molecule has 1 heterocycles. The Morgan fingerprint density at radius 2 is 1.85 bits per heavy atom. The number of hydrogen-bond acceptors (Lipinski definition) is 7. The van der Waals surface area contributed by atoms with Crippen LogP contribution in [0.1, 0.15) is 62.9 Å². The van der Waals surface area contributed by atoms with E-state index in [1.54, 1.807) is 0 Å². The first-order valence-corrected chi connectivity index (χ1v) is 15.6. The third-order valence-electron chi connectivity index (χ3n) is 6.91. The Bertz CT molecular complexity index is 1070. The van der Waals surface area contributed by atoms with Gasteiger partial charge in [-0.25, -0.2) is 4.39 Å². The summed E-state index contributed by atoms with van der Waals surface area (Å²) in [6.07, 6.45) is 1.72. The maximum atomic E-state index is 15.9. The summed E-state index contributed by atoms with van der Waals surface area (Å²) in [4.78, 5) is 13.6. The number of hydrogen-bond donors (Lipinski definition) is 6. The monoisotopic (exact) mass is 564 g/mol. The number of nitrogens with one attached hydrogen (secondary N) is 3. The summed E-state index contributed by atoms with van der Waals surface area (Å²) < 4.78 is 38.5. The van der Waals surface area contributed by atoms with Crippen LogP contribution >= 0.6 is 10.8 Å². The van der Waals surface area contributed by atoms with Crippen LogP contribution < -0.4 is 20.3 Å². The van der Waals surface area contributed by atoms with Crippen LogP contribution in [0.2, 0.25) is 0 Å². The van der Waals surface area contributed by atoms with Crippen molar-refractivity contribution in [1.29, 1.82) is 0 Å². The van der Waals surface area contributed by atoms with E-state index in [-0.39, 0.29) is 36.1 Å². The lowest BCUT2D eigenvalue weighted by atomic mass is 9.99. The summed E-state index contributed by atoms with van der Waals surface area (Å²) in [5.41, 5.74) is 1.21. The molecule has 218 valence electrons. The number of benzene rings is 2. The van der Waals surface area contributed by atoms with Gasteiger partial charge in [-0.2, -0.15) is 0 Å². The van der Waals surface area contributed by atoms with E-state index in [1.807, 2.05) is 37.3 Å². The number of nitrogens with zero attached hydrogens (tertiary/aromatic N) is 1. The van der Waals surface area contributed by atoms with Crippen molar-refractivity contribution < 1.29 is 23.4 Å². The molecule has 2 aromatic rings. The van der Waals surface area contributed by atoms with Gasteiger partial charge in [0, 0.05) is 31.4 Å². The first-order chi connectivity index (χ1) is 18.5. The van der Waals surface area contributed by atoms with Gasteiger partial charge in [-0.1, -0.05) is 44.2 Å². The number of amides is 1. The molecule has 1 unspecified atom stereocenters. The third-order valence-corrected chi connectivity index (χ3v) is 8.83. The Balaban J connectivity index is 1.89. The van der Waals surface area contributed by atoms with Gasteiger partial charge >= 0.3 is 0 Å². The largest absolute Gasteiger partial charge is 0.390 e. The molecular weight excluding hydrogens is 519 g/mol. The molecule has 6 N–H and O–H groups in total. The van der Waals surface area contributed by atoms with Crippen LogP contribution in [0.15, 0.2) is 42.5 Å². The second-order valence-corrected chi connectivity index (χ2v) is 12.9. The fraction of sp³-hybridized carbons (Fsp3) is 0.552. The van der Waals surface area contributed by atoms with Crippen LogP contribution in [-0.4, -0.2) is 63.7 Å².